The second kappa shape index (κ2) is 9.86. The fraction of sp³-hybridized carbons (Fsp3) is 0.435. The number of nitrogens with one attached hydrogen (secondary N) is 1. The van der Waals surface area contributed by atoms with E-state index in [4.69, 9.17) is 4.74 Å². The highest BCUT2D eigenvalue weighted by Gasteiger charge is 2.33. The molecule has 0 spiro atoms. The van der Waals surface area contributed by atoms with E-state index in [0.717, 1.165) is 12.3 Å². The van der Waals surface area contributed by atoms with Crippen molar-refractivity contribution in [1.29, 1.82) is 0 Å². The Kier molecular flexibility index (Phi) is 6.90. The molecule has 1 aromatic heterocycles. The van der Waals surface area contributed by atoms with Gasteiger partial charge in [-0.05, 0) is 43.9 Å². The zero-order valence-electron chi connectivity index (χ0n) is 18.2. The van der Waals surface area contributed by atoms with Crippen LogP contribution in [0, 0.1) is 5.82 Å². The molecular formula is C23H24F4N4O3. The van der Waals surface area contributed by atoms with Crippen LogP contribution in [0.5, 0.6) is 5.88 Å². The SMILES string of the molecule is O=C(CN1CCN(c2ccccc2F)C1=O)NC1CCC(Oc2ccc(C(F)(F)F)cn2)CC1. The van der Waals surface area contributed by atoms with E-state index in [2.05, 4.69) is 10.3 Å². The molecule has 1 N–H and O–H groups in total. The third-order valence-electron chi connectivity index (χ3n) is 5.96. The van der Waals surface area contributed by atoms with Crippen molar-refractivity contribution in [1.82, 2.24) is 15.2 Å². The van der Waals surface area contributed by atoms with Gasteiger partial charge in [0.25, 0.3) is 0 Å². The molecule has 2 aromatic rings. The van der Waals surface area contributed by atoms with E-state index in [1.165, 1.54) is 28.0 Å². The van der Waals surface area contributed by atoms with E-state index in [9.17, 15) is 27.2 Å². The first-order valence-electron chi connectivity index (χ1n) is 11.0. The lowest BCUT2D eigenvalue weighted by molar-refractivity contribution is -0.137. The summed E-state index contributed by atoms with van der Waals surface area (Å²) in [5.74, 6) is -0.655. The second-order valence-electron chi connectivity index (χ2n) is 8.35. The molecule has 0 bridgehead atoms. The number of amides is 3. The molecule has 1 aromatic carbocycles. The van der Waals surface area contributed by atoms with Crippen LogP contribution < -0.4 is 15.0 Å². The number of urea groups is 1. The smallest absolute Gasteiger partial charge is 0.417 e. The lowest BCUT2D eigenvalue weighted by atomic mass is 9.93. The summed E-state index contributed by atoms with van der Waals surface area (Å²) in [4.78, 5) is 31.5. The maximum absolute atomic E-state index is 14.0. The molecule has 7 nitrogen and oxygen atoms in total. The van der Waals surface area contributed by atoms with Crippen molar-refractivity contribution in [3.05, 3.63) is 54.0 Å². The van der Waals surface area contributed by atoms with Gasteiger partial charge in [-0.25, -0.2) is 14.2 Å². The Balaban J connectivity index is 1.21. The number of nitrogens with zero attached hydrogens (tertiary/aromatic N) is 3. The molecule has 1 aliphatic carbocycles. The maximum Gasteiger partial charge on any atom is 0.417 e. The third-order valence-corrected chi connectivity index (χ3v) is 5.96. The van der Waals surface area contributed by atoms with Gasteiger partial charge >= 0.3 is 12.2 Å². The molecule has 11 heteroatoms. The van der Waals surface area contributed by atoms with Crippen molar-refractivity contribution in [2.75, 3.05) is 24.5 Å². The van der Waals surface area contributed by atoms with Crippen molar-refractivity contribution in [3.63, 3.8) is 0 Å². The highest BCUT2D eigenvalue weighted by Crippen LogP contribution is 2.30. The van der Waals surface area contributed by atoms with Crippen LogP contribution in [0.2, 0.25) is 0 Å². The molecule has 4 rings (SSSR count). The number of hydrogen-bond acceptors (Lipinski definition) is 4. The van der Waals surface area contributed by atoms with Crippen LogP contribution in [-0.2, 0) is 11.0 Å². The molecule has 34 heavy (non-hydrogen) atoms. The number of halogens is 4. The molecule has 0 unspecified atom stereocenters. The average molecular weight is 480 g/mol. The first-order chi connectivity index (χ1) is 16.2. The van der Waals surface area contributed by atoms with Crippen LogP contribution in [0.15, 0.2) is 42.6 Å². The Bertz CT molecular complexity index is 1020. The van der Waals surface area contributed by atoms with Gasteiger partial charge in [0.1, 0.15) is 18.5 Å². The topological polar surface area (TPSA) is 74.8 Å². The highest BCUT2D eigenvalue weighted by molar-refractivity contribution is 5.96. The van der Waals surface area contributed by atoms with Crippen LogP contribution in [0.4, 0.5) is 28.0 Å². The zero-order chi connectivity index (χ0) is 24.3. The summed E-state index contributed by atoms with van der Waals surface area (Å²) in [7, 11) is 0. The molecule has 3 amide bonds. The normalized spacial score (nSPS) is 21.0. The summed E-state index contributed by atoms with van der Waals surface area (Å²) < 4.78 is 57.6. The molecule has 1 aliphatic heterocycles. The number of alkyl halides is 3. The van der Waals surface area contributed by atoms with Crippen LogP contribution in [-0.4, -0.2) is 53.6 Å². The molecule has 1 saturated carbocycles. The molecule has 0 radical (unpaired) electrons. The van der Waals surface area contributed by atoms with Crippen LogP contribution in [0.25, 0.3) is 0 Å². The van der Waals surface area contributed by atoms with Gasteiger partial charge in [0, 0.05) is 31.4 Å². The summed E-state index contributed by atoms with van der Waals surface area (Å²) in [6.45, 7) is 0.504. The van der Waals surface area contributed by atoms with Crippen LogP contribution in [0.1, 0.15) is 31.2 Å². The highest BCUT2D eigenvalue weighted by atomic mass is 19.4. The monoisotopic (exact) mass is 480 g/mol. The molecule has 2 heterocycles. The van der Waals surface area contributed by atoms with E-state index >= 15 is 0 Å². The number of anilines is 1. The van der Waals surface area contributed by atoms with Crippen molar-refractivity contribution >= 4 is 17.6 Å². The number of para-hydroxylation sites is 1. The number of carbonyl (C=O) groups excluding carboxylic acids is 2. The van der Waals surface area contributed by atoms with Gasteiger partial charge in [0.15, 0.2) is 0 Å². The lowest BCUT2D eigenvalue weighted by Gasteiger charge is -2.29. The Labute approximate surface area is 193 Å². The predicted octanol–water partition coefficient (Wildman–Crippen LogP) is 3.99. The molecule has 0 atom stereocenters. The summed E-state index contributed by atoms with van der Waals surface area (Å²) in [5, 5.41) is 2.92. The van der Waals surface area contributed by atoms with Gasteiger partial charge < -0.3 is 15.0 Å². The number of hydrogen-bond donors (Lipinski definition) is 1. The zero-order valence-corrected chi connectivity index (χ0v) is 18.2. The molecule has 1 saturated heterocycles. The first-order valence-corrected chi connectivity index (χ1v) is 11.0. The lowest BCUT2D eigenvalue weighted by Crippen LogP contribution is -2.45. The fourth-order valence-electron chi connectivity index (χ4n) is 4.18. The molecule has 2 fully saturated rings. The van der Waals surface area contributed by atoms with Gasteiger partial charge in [0.05, 0.1) is 11.3 Å². The molecule has 2 aliphatic rings. The Morgan fingerprint density at radius 2 is 1.82 bits per heavy atom. The van der Waals surface area contributed by atoms with Gasteiger partial charge in [-0.15, -0.1) is 0 Å². The number of benzene rings is 1. The fourth-order valence-corrected chi connectivity index (χ4v) is 4.18. The summed E-state index contributed by atoms with van der Waals surface area (Å²) in [5.41, 5.74) is -0.643. The average Bonchev–Trinajstić information content (AvgIpc) is 3.15. The Morgan fingerprint density at radius 3 is 2.47 bits per heavy atom. The van der Waals surface area contributed by atoms with Crippen molar-refractivity contribution in [2.24, 2.45) is 0 Å². The van der Waals surface area contributed by atoms with E-state index in [0.29, 0.717) is 38.8 Å². The summed E-state index contributed by atoms with van der Waals surface area (Å²) in [6, 6.07) is 7.63. The van der Waals surface area contributed by atoms with Gasteiger partial charge in [-0.3, -0.25) is 9.69 Å². The first kappa shape index (κ1) is 23.8. The van der Waals surface area contributed by atoms with Gasteiger partial charge in [0.2, 0.25) is 11.8 Å². The van der Waals surface area contributed by atoms with Crippen LogP contribution >= 0.6 is 0 Å². The molecular weight excluding hydrogens is 456 g/mol. The largest absolute Gasteiger partial charge is 0.474 e. The second-order valence-corrected chi connectivity index (χ2v) is 8.35. The van der Waals surface area contributed by atoms with Crippen molar-refractivity contribution < 1.29 is 31.9 Å². The van der Waals surface area contributed by atoms with Crippen molar-refractivity contribution in [3.8, 4) is 5.88 Å². The minimum Gasteiger partial charge on any atom is -0.474 e. The number of aromatic nitrogens is 1. The predicted molar refractivity (Wildman–Crippen MR) is 115 cm³/mol. The Hall–Kier alpha value is -3.37. The molecule has 182 valence electrons. The maximum atomic E-state index is 14.0. The van der Waals surface area contributed by atoms with Crippen molar-refractivity contribution in [2.45, 2.75) is 44.0 Å². The standard InChI is InChI=1S/C23H24F4N4O3/c24-18-3-1-2-4-19(18)31-12-11-30(22(31)33)14-20(32)29-16-6-8-17(9-7-16)34-21-10-5-15(13-28-21)23(25,26)27/h1-5,10,13,16-17H,6-9,11-12,14H2,(H,29,32). The van der Waals surface area contributed by atoms with Crippen LogP contribution in [0.3, 0.4) is 0 Å². The van der Waals surface area contributed by atoms with Gasteiger partial charge in [-0.1, -0.05) is 12.1 Å². The number of ether oxygens (including phenoxy) is 1. The van der Waals surface area contributed by atoms with E-state index < -0.39 is 23.6 Å². The summed E-state index contributed by atoms with van der Waals surface area (Å²) >= 11 is 0. The van der Waals surface area contributed by atoms with E-state index in [-0.39, 0.29) is 36.2 Å². The summed E-state index contributed by atoms with van der Waals surface area (Å²) in [6.07, 6.45) is -1.43. The third kappa shape index (κ3) is 5.57. The minimum absolute atomic E-state index is 0.0895. The number of rotatable bonds is 6. The number of pyridine rings is 1. The quantitative estimate of drug-likeness (QED) is 0.635. The van der Waals surface area contributed by atoms with E-state index in [1.807, 2.05) is 0 Å². The minimum atomic E-state index is -4.45. The number of carbonyl (C=O) groups is 2. The van der Waals surface area contributed by atoms with Gasteiger partial charge in [-0.2, -0.15) is 13.2 Å². The van der Waals surface area contributed by atoms with E-state index in [1.54, 1.807) is 12.1 Å². The Morgan fingerprint density at radius 1 is 1.09 bits per heavy atom.